The van der Waals surface area contributed by atoms with Crippen molar-refractivity contribution in [2.45, 2.75) is 51.1 Å². The highest BCUT2D eigenvalue weighted by molar-refractivity contribution is 5.77. The summed E-state index contributed by atoms with van der Waals surface area (Å²) in [6, 6.07) is 8.07. The van der Waals surface area contributed by atoms with Gasteiger partial charge >= 0.3 is 5.97 Å². The van der Waals surface area contributed by atoms with Gasteiger partial charge in [0.25, 0.3) is 5.91 Å². The molecule has 3 N–H and O–H groups in total. The van der Waals surface area contributed by atoms with Crippen molar-refractivity contribution in [1.82, 2.24) is 10.6 Å². The van der Waals surface area contributed by atoms with Crippen LogP contribution in [0.1, 0.15) is 44.1 Å². The standard InChI is InChI=1S/C20H28N2O4/c23-19(22-11-14-5-6-14)13-26-18-4-2-1-3-16(18)12-21-17-9-7-15(8-10-17)20(24)25/h1-4,14-15,17,21H,5-13H2,(H,22,23)(H,24,25). The van der Waals surface area contributed by atoms with Crippen molar-refractivity contribution in [2.24, 2.45) is 11.8 Å². The van der Waals surface area contributed by atoms with Crippen molar-refractivity contribution in [3.05, 3.63) is 29.8 Å². The molecule has 0 heterocycles. The molecule has 0 atom stereocenters. The first kappa shape index (κ1) is 18.7. The molecule has 2 saturated carbocycles. The summed E-state index contributed by atoms with van der Waals surface area (Å²) in [4.78, 5) is 22.9. The zero-order chi connectivity index (χ0) is 18.4. The first-order valence-corrected chi connectivity index (χ1v) is 9.55. The van der Waals surface area contributed by atoms with E-state index in [1.165, 1.54) is 12.8 Å². The Morgan fingerprint density at radius 3 is 2.50 bits per heavy atom. The second-order valence-electron chi connectivity index (χ2n) is 7.41. The Kier molecular flexibility index (Phi) is 6.50. The Hall–Kier alpha value is -2.08. The first-order chi connectivity index (χ1) is 12.6. The number of carbonyl (C=O) groups is 2. The highest BCUT2D eigenvalue weighted by Crippen LogP contribution is 2.27. The zero-order valence-corrected chi connectivity index (χ0v) is 15.1. The molecule has 1 amide bonds. The largest absolute Gasteiger partial charge is 0.483 e. The molecule has 2 aliphatic carbocycles. The summed E-state index contributed by atoms with van der Waals surface area (Å²) < 4.78 is 5.71. The van der Waals surface area contributed by atoms with Crippen molar-refractivity contribution in [1.29, 1.82) is 0 Å². The Balaban J connectivity index is 1.43. The Morgan fingerprint density at radius 2 is 1.81 bits per heavy atom. The molecule has 0 aliphatic heterocycles. The molecule has 1 aromatic carbocycles. The lowest BCUT2D eigenvalue weighted by atomic mass is 9.86. The third-order valence-corrected chi connectivity index (χ3v) is 5.27. The summed E-state index contributed by atoms with van der Waals surface area (Å²) in [6.45, 7) is 1.44. The van der Waals surface area contributed by atoms with Gasteiger partial charge in [-0.2, -0.15) is 0 Å². The Bertz CT molecular complexity index is 622. The number of benzene rings is 1. The van der Waals surface area contributed by atoms with Crippen LogP contribution in [0.25, 0.3) is 0 Å². The number of aliphatic carboxylic acids is 1. The van der Waals surface area contributed by atoms with Gasteiger partial charge in [0.2, 0.25) is 0 Å². The van der Waals surface area contributed by atoms with E-state index in [1.54, 1.807) is 0 Å². The molecule has 0 bridgehead atoms. The van der Waals surface area contributed by atoms with Gasteiger partial charge in [-0.15, -0.1) is 0 Å². The van der Waals surface area contributed by atoms with Crippen LogP contribution in [0.5, 0.6) is 5.75 Å². The second-order valence-corrected chi connectivity index (χ2v) is 7.41. The van der Waals surface area contributed by atoms with Gasteiger partial charge in [-0.05, 0) is 50.5 Å². The second kappa shape index (κ2) is 9.03. The smallest absolute Gasteiger partial charge is 0.306 e. The lowest BCUT2D eigenvalue weighted by molar-refractivity contribution is -0.142. The molecule has 0 unspecified atom stereocenters. The van der Waals surface area contributed by atoms with Gasteiger partial charge in [0, 0.05) is 24.7 Å². The first-order valence-electron chi connectivity index (χ1n) is 9.55. The highest BCUT2D eigenvalue weighted by Gasteiger charge is 2.25. The molecule has 142 valence electrons. The number of hydrogen-bond donors (Lipinski definition) is 3. The van der Waals surface area contributed by atoms with E-state index in [2.05, 4.69) is 10.6 Å². The topological polar surface area (TPSA) is 87.7 Å². The number of amides is 1. The van der Waals surface area contributed by atoms with Gasteiger partial charge in [-0.3, -0.25) is 9.59 Å². The number of carboxylic acids is 1. The van der Waals surface area contributed by atoms with Crippen molar-refractivity contribution in [3.63, 3.8) is 0 Å². The molecule has 0 radical (unpaired) electrons. The SMILES string of the molecule is O=C(COc1ccccc1CNC1CCC(C(=O)O)CC1)NCC1CC1. The van der Waals surface area contributed by atoms with Crippen LogP contribution >= 0.6 is 0 Å². The number of para-hydroxylation sites is 1. The third-order valence-electron chi connectivity index (χ3n) is 5.27. The lowest BCUT2D eigenvalue weighted by Crippen LogP contribution is -2.34. The summed E-state index contributed by atoms with van der Waals surface area (Å²) in [5.41, 5.74) is 1.02. The average Bonchev–Trinajstić information content (AvgIpc) is 3.48. The minimum Gasteiger partial charge on any atom is -0.483 e. The van der Waals surface area contributed by atoms with Crippen LogP contribution in [0, 0.1) is 11.8 Å². The van der Waals surface area contributed by atoms with Crippen molar-refractivity contribution in [2.75, 3.05) is 13.2 Å². The fraction of sp³-hybridized carbons (Fsp3) is 0.600. The van der Waals surface area contributed by atoms with Crippen molar-refractivity contribution >= 4 is 11.9 Å². The quantitative estimate of drug-likeness (QED) is 0.629. The van der Waals surface area contributed by atoms with Gasteiger partial charge < -0.3 is 20.5 Å². The van der Waals surface area contributed by atoms with Crippen molar-refractivity contribution < 1.29 is 19.4 Å². The predicted octanol–water partition coefficient (Wildman–Crippen LogP) is 2.32. The highest BCUT2D eigenvalue weighted by atomic mass is 16.5. The fourth-order valence-corrected chi connectivity index (χ4v) is 3.36. The summed E-state index contributed by atoms with van der Waals surface area (Å²) in [5, 5.41) is 15.5. The van der Waals surface area contributed by atoms with Gasteiger partial charge in [-0.25, -0.2) is 0 Å². The van der Waals surface area contributed by atoms with Gasteiger partial charge in [-0.1, -0.05) is 18.2 Å². The average molecular weight is 360 g/mol. The molecule has 0 spiro atoms. The van der Waals surface area contributed by atoms with E-state index >= 15 is 0 Å². The number of ether oxygens (including phenoxy) is 1. The molecule has 0 saturated heterocycles. The lowest BCUT2D eigenvalue weighted by Gasteiger charge is -2.27. The van der Waals surface area contributed by atoms with Crippen LogP contribution in [-0.2, 0) is 16.1 Å². The maximum Gasteiger partial charge on any atom is 0.306 e. The molecule has 2 fully saturated rings. The molecule has 6 nitrogen and oxygen atoms in total. The molecule has 0 aromatic heterocycles. The zero-order valence-electron chi connectivity index (χ0n) is 15.1. The van der Waals surface area contributed by atoms with E-state index < -0.39 is 5.97 Å². The number of carboxylic acid groups (broad SMARTS) is 1. The molecule has 1 aromatic rings. The van der Waals surface area contributed by atoms with Crippen LogP contribution in [-0.4, -0.2) is 36.2 Å². The van der Waals surface area contributed by atoms with Crippen LogP contribution in [0.15, 0.2) is 24.3 Å². The predicted molar refractivity (Wildman–Crippen MR) is 97.9 cm³/mol. The summed E-state index contributed by atoms with van der Waals surface area (Å²) >= 11 is 0. The number of hydrogen-bond acceptors (Lipinski definition) is 4. The van der Waals surface area contributed by atoms with Gasteiger partial charge in [0.05, 0.1) is 5.92 Å². The van der Waals surface area contributed by atoms with E-state index in [4.69, 9.17) is 9.84 Å². The number of carbonyl (C=O) groups excluding carboxylic acids is 1. The van der Waals surface area contributed by atoms with Gasteiger partial charge in [0.15, 0.2) is 6.61 Å². The number of rotatable bonds is 9. The van der Waals surface area contributed by atoms with Crippen molar-refractivity contribution in [3.8, 4) is 5.75 Å². The molecule has 26 heavy (non-hydrogen) atoms. The Labute approximate surface area is 154 Å². The molecule has 3 rings (SSSR count). The normalized spacial score (nSPS) is 22.6. The summed E-state index contributed by atoms with van der Waals surface area (Å²) in [6.07, 6.45) is 5.64. The number of nitrogens with one attached hydrogen (secondary N) is 2. The van der Waals surface area contributed by atoms with E-state index in [0.717, 1.165) is 43.5 Å². The van der Waals surface area contributed by atoms with E-state index in [1.807, 2.05) is 24.3 Å². The van der Waals surface area contributed by atoms with E-state index in [-0.39, 0.29) is 18.4 Å². The van der Waals surface area contributed by atoms with Crippen LogP contribution in [0.3, 0.4) is 0 Å². The molecule has 2 aliphatic rings. The Morgan fingerprint density at radius 1 is 1.08 bits per heavy atom. The minimum absolute atomic E-state index is 0.0352. The van der Waals surface area contributed by atoms with E-state index in [0.29, 0.717) is 18.5 Å². The maximum absolute atomic E-state index is 11.9. The van der Waals surface area contributed by atoms with Gasteiger partial charge in [0.1, 0.15) is 5.75 Å². The van der Waals surface area contributed by atoms with Crippen LogP contribution in [0.2, 0.25) is 0 Å². The van der Waals surface area contributed by atoms with Crippen LogP contribution < -0.4 is 15.4 Å². The summed E-state index contributed by atoms with van der Waals surface area (Å²) in [7, 11) is 0. The molecular formula is C20H28N2O4. The third kappa shape index (κ3) is 5.73. The fourth-order valence-electron chi connectivity index (χ4n) is 3.36. The minimum atomic E-state index is -0.679. The monoisotopic (exact) mass is 360 g/mol. The molecular weight excluding hydrogens is 332 g/mol. The summed E-state index contributed by atoms with van der Waals surface area (Å²) in [5.74, 6) is 0.430. The van der Waals surface area contributed by atoms with Crippen LogP contribution in [0.4, 0.5) is 0 Å². The maximum atomic E-state index is 11.9. The van der Waals surface area contributed by atoms with E-state index in [9.17, 15) is 9.59 Å². The molecule has 6 heteroatoms.